The average Bonchev–Trinajstić information content (AvgIpc) is 3.07. The van der Waals surface area contributed by atoms with Gasteiger partial charge in [0.1, 0.15) is 0 Å². The molecule has 0 aliphatic carbocycles. The molecule has 7 heteroatoms. The number of para-hydroxylation sites is 1. The topological polar surface area (TPSA) is 68.2 Å². The van der Waals surface area contributed by atoms with Gasteiger partial charge < -0.3 is 15.4 Å². The summed E-state index contributed by atoms with van der Waals surface area (Å²) in [5.41, 5.74) is 1.24. The molecular weight excluding hydrogens is 352 g/mol. The number of ether oxygens (including phenoxy) is 1. The molecule has 1 saturated heterocycles. The standard InChI is InChI=1S/C19H26N4O2.ClH/c1-3-12-25-17-13-23(15-8-5-4-6-9-15)22-18(17)19(24)21-16-10-7-11-20-14(16)2;/h4-6,8-9,13-14,16,20H,3,7,10-12H2,1-2H3,(H,21,24);1H. The molecule has 142 valence electrons. The lowest BCUT2D eigenvalue weighted by atomic mass is 10.00. The van der Waals surface area contributed by atoms with Crippen LogP contribution in [0.2, 0.25) is 0 Å². The summed E-state index contributed by atoms with van der Waals surface area (Å²) in [5.74, 6) is 0.348. The summed E-state index contributed by atoms with van der Waals surface area (Å²) in [6.07, 6.45) is 4.70. The molecule has 0 bridgehead atoms. The SMILES string of the molecule is CCCOc1cn(-c2ccccc2)nc1C(=O)NC1CCCNC1C.Cl. The van der Waals surface area contributed by atoms with Gasteiger partial charge in [0.25, 0.3) is 5.91 Å². The first-order valence-corrected chi connectivity index (χ1v) is 9.01. The minimum absolute atomic E-state index is 0. The molecule has 2 atom stereocenters. The predicted octanol–water partition coefficient (Wildman–Crippen LogP) is 2.95. The molecule has 0 radical (unpaired) electrons. The highest BCUT2D eigenvalue weighted by molar-refractivity contribution is 5.95. The van der Waals surface area contributed by atoms with Crippen molar-refractivity contribution in [2.24, 2.45) is 0 Å². The molecule has 1 aliphatic rings. The van der Waals surface area contributed by atoms with E-state index < -0.39 is 0 Å². The summed E-state index contributed by atoms with van der Waals surface area (Å²) in [7, 11) is 0. The summed E-state index contributed by atoms with van der Waals surface area (Å²) in [4.78, 5) is 12.8. The number of hydrogen-bond acceptors (Lipinski definition) is 4. The van der Waals surface area contributed by atoms with Crippen molar-refractivity contribution in [1.29, 1.82) is 0 Å². The second kappa shape index (κ2) is 9.59. The van der Waals surface area contributed by atoms with Crippen molar-refractivity contribution >= 4 is 18.3 Å². The van der Waals surface area contributed by atoms with Gasteiger partial charge in [0, 0.05) is 12.1 Å². The lowest BCUT2D eigenvalue weighted by Gasteiger charge is -2.30. The highest BCUT2D eigenvalue weighted by atomic mass is 35.5. The molecule has 3 rings (SSSR count). The first-order valence-electron chi connectivity index (χ1n) is 9.01. The maximum atomic E-state index is 12.8. The van der Waals surface area contributed by atoms with Crippen molar-refractivity contribution in [2.45, 2.75) is 45.2 Å². The molecule has 2 heterocycles. The molecule has 2 N–H and O–H groups in total. The lowest BCUT2D eigenvalue weighted by molar-refractivity contribution is 0.0910. The Bertz CT molecular complexity index is 705. The number of benzene rings is 1. The third-order valence-electron chi connectivity index (χ3n) is 4.46. The first kappa shape index (κ1) is 20.3. The van der Waals surface area contributed by atoms with E-state index in [4.69, 9.17) is 4.74 Å². The van der Waals surface area contributed by atoms with Crippen LogP contribution < -0.4 is 15.4 Å². The van der Waals surface area contributed by atoms with Crippen molar-refractivity contribution in [1.82, 2.24) is 20.4 Å². The van der Waals surface area contributed by atoms with Gasteiger partial charge in [0.2, 0.25) is 0 Å². The van der Waals surface area contributed by atoms with E-state index >= 15 is 0 Å². The zero-order valence-corrected chi connectivity index (χ0v) is 16.1. The van der Waals surface area contributed by atoms with E-state index in [-0.39, 0.29) is 30.4 Å². The minimum atomic E-state index is -0.179. The molecule has 1 amide bonds. The Balaban J connectivity index is 0.00000243. The second-order valence-corrected chi connectivity index (χ2v) is 6.44. The molecule has 2 aromatic rings. The maximum absolute atomic E-state index is 12.8. The molecule has 1 aromatic carbocycles. The van der Waals surface area contributed by atoms with Gasteiger partial charge in [0.05, 0.1) is 18.5 Å². The number of nitrogens with zero attached hydrogens (tertiary/aromatic N) is 2. The Hall–Kier alpha value is -2.05. The van der Waals surface area contributed by atoms with Crippen LogP contribution in [0, 0.1) is 0 Å². The molecule has 1 aliphatic heterocycles. The normalized spacial score (nSPS) is 19.5. The van der Waals surface area contributed by atoms with Crippen molar-refractivity contribution < 1.29 is 9.53 Å². The summed E-state index contributed by atoms with van der Waals surface area (Å²) in [6.45, 7) is 5.70. The van der Waals surface area contributed by atoms with Crippen molar-refractivity contribution in [3.8, 4) is 11.4 Å². The molecule has 6 nitrogen and oxygen atoms in total. The highest BCUT2D eigenvalue weighted by Gasteiger charge is 2.26. The number of carbonyl (C=O) groups excluding carboxylic acids is 1. The Kier molecular flexibility index (Phi) is 7.48. The second-order valence-electron chi connectivity index (χ2n) is 6.44. The summed E-state index contributed by atoms with van der Waals surface area (Å²) in [5, 5.41) is 11.0. The van der Waals surface area contributed by atoms with E-state index in [0.29, 0.717) is 18.1 Å². The van der Waals surface area contributed by atoms with E-state index in [1.54, 1.807) is 10.9 Å². The molecule has 0 spiro atoms. The van der Waals surface area contributed by atoms with Crippen molar-refractivity contribution in [2.75, 3.05) is 13.2 Å². The molecule has 1 fully saturated rings. The summed E-state index contributed by atoms with van der Waals surface area (Å²) in [6, 6.07) is 10.1. The monoisotopic (exact) mass is 378 g/mol. The van der Waals surface area contributed by atoms with Gasteiger partial charge in [0.15, 0.2) is 11.4 Å². The van der Waals surface area contributed by atoms with Crippen LogP contribution in [0.3, 0.4) is 0 Å². The number of carbonyl (C=O) groups is 1. The fraction of sp³-hybridized carbons (Fsp3) is 0.474. The number of halogens is 1. The van der Waals surface area contributed by atoms with Gasteiger partial charge in [-0.25, -0.2) is 4.68 Å². The number of nitrogens with one attached hydrogen (secondary N) is 2. The van der Waals surface area contributed by atoms with Crippen LogP contribution >= 0.6 is 12.4 Å². The number of amides is 1. The van der Waals surface area contributed by atoms with Crippen LogP contribution in [-0.2, 0) is 0 Å². The number of aromatic nitrogens is 2. The maximum Gasteiger partial charge on any atom is 0.275 e. The predicted molar refractivity (Wildman–Crippen MR) is 105 cm³/mol. The molecule has 1 aromatic heterocycles. The van der Waals surface area contributed by atoms with Crippen LogP contribution in [0.1, 0.15) is 43.6 Å². The van der Waals surface area contributed by atoms with Gasteiger partial charge in [-0.2, -0.15) is 5.10 Å². The third kappa shape index (κ3) is 4.77. The van der Waals surface area contributed by atoms with Gasteiger partial charge in [-0.3, -0.25) is 4.79 Å². The Morgan fingerprint density at radius 3 is 2.85 bits per heavy atom. The Labute approximate surface area is 160 Å². The summed E-state index contributed by atoms with van der Waals surface area (Å²) >= 11 is 0. The Morgan fingerprint density at radius 1 is 1.38 bits per heavy atom. The number of hydrogen-bond donors (Lipinski definition) is 2. The van der Waals surface area contributed by atoms with E-state index in [1.165, 1.54) is 0 Å². The van der Waals surface area contributed by atoms with Crippen LogP contribution in [0.5, 0.6) is 5.75 Å². The van der Waals surface area contributed by atoms with Crippen LogP contribution in [0.4, 0.5) is 0 Å². The third-order valence-corrected chi connectivity index (χ3v) is 4.46. The van der Waals surface area contributed by atoms with Crippen molar-refractivity contribution in [3.05, 3.63) is 42.2 Å². The van der Waals surface area contributed by atoms with Crippen LogP contribution in [0.15, 0.2) is 36.5 Å². The minimum Gasteiger partial charge on any atom is -0.489 e. The zero-order chi connectivity index (χ0) is 17.6. The molecule has 2 unspecified atom stereocenters. The Morgan fingerprint density at radius 2 is 2.15 bits per heavy atom. The largest absolute Gasteiger partial charge is 0.489 e. The zero-order valence-electron chi connectivity index (χ0n) is 15.3. The van der Waals surface area contributed by atoms with Crippen LogP contribution in [0.25, 0.3) is 5.69 Å². The van der Waals surface area contributed by atoms with E-state index in [9.17, 15) is 4.79 Å². The lowest BCUT2D eigenvalue weighted by Crippen LogP contribution is -2.52. The molecular formula is C19H27ClN4O2. The smallest absolute Gasteiger partial charge is 0.275 e. The quantitative estimate of drug-likeness (QED) is 0.810. The molecule has 26 heavy (non-hydrogen) atoms. The fourth-order valence-electron chi connectivity index (χ4n) is 3.02. The highest BCUT2D eigenvalue weighted by Crippen LogP contribution is 2.21. The van der Waals surface area contributed by atoms with E-state index in [1.807, 2.05) is 37.3 Å². The number of piperidine rings is 1. The van der Waals surface area contributed by atoms with Crippen molar-refractivity contribution in [3.63, 3.8) is 0 Å². The fourth-order valence-corrected chi connectivity index (χ4v) is 3.02. The van der Waals surface area contributed by atoms with Gasteiger partial charge in [-0.05, 0) is 44.9 Å². The van der Waals surface area contributed by atoms with Gasteiger partial charge in [-0.15, -0.1) is 12.4 Å². The number of rotatable bonds is 6. The summed E-state index contributed by atoms with van der Waals surface area (Å²) < 4.78 is 7.46. The average molecular weight is 379 g/mol. The molecule has 0 saturated carbocycles. The van der Waals surface area contributed by atoms with E-state index in [0.717, 1.165) is 31.5 Å². The van der Waals surface area contributed by atoms with E-state index in [2.05, 4.69) is 22.7 Å². The first-order chi connectivity index (χ1) is 12.2. The van der Waals surface area contributed by atoms with Gasteiger partial charge in [-0.1, -0.05) is 25.1 Å². The van der Waals surface area contributed by atoms with Gasteiger partial charge >= 0.3 is 0 Å². The van der Waals surface area contributed by atoms with Crippen LogP contribution in [-0.4, -0.2) is 40.9 Å².